The van der Waals surface area contributed by atoms with E-state index in [1.807, 2.05) is 4.72 Å². The number of hydrogen-bond acceptors (Lipinski definition) is 6. The fourth-order valence-electron chi connectivity index (χ4n) is 2.36. The van der Waals surface area contributed by atoms with Gasteiger partial charge in [0.25, 0.3) is 0 Å². The molecule has 0 spiro atoms. The zero-order valence-corrected chi connectivity index (χ0v) is 15.6. The highest BCUT2D eigenvalue weighted by molar-refractivity contribution is 7.88. The van der Waals surface area contributed by atoms with Gasteiger partial charge in [0, 0.05) is 10.6 Å². The van der Waals surface area contributed by atoms with Crippen molar-refractivity contribution in [1.29, 1.82) is 0 Å². The first kappa shape index (κ1) is 20.4. The fourth-order valence-corrected chi connectivity index (χ4v) is 3.62. The van der Waals surface area contributed by atoms with E-state index in [0.29, 0.717) is 28.8 Å². The van der Waals surface area contributed by atoms with Crippen LogP contribution in [0.4, 0.5) is 0 Å². The van der Waals surface area contributed by atoms with Crippen molar-refractivity contribution in [2.75, 3.05) is 32.6 Å². The maximum atomic E-state index is 12.2. The number of hydrogen-bond donors (Lipinski definition) is 3. The van der Waals surface area contributed by atoms with E-state index < -0.39 is 34.4 Å². The molecule has 2 rings (SSSR count). The second kappa shape index (κ2) is 8.17. The molecule has 140 valence electrons. The lowest BCUT2D eigenvalue weighted by Gasteiger charge is -2.29. The molecule has 0 saturated carbocycles. The Balaban J connectivity index is 2.15. The van der Waals surface area contributed by atoms with Gasteiger partial charge in [-0.25, -0.2) is 13.1 Å². The van der Waals surface area contributed by atoms with Crippen LogP contribution in [0.15, 0.2) is 18.2 Å². The van der Waals surface area contributed by atoms with Gasteiger partial charge >= 0.3 is 0 Å². The zero-order chi connectivity index (χ0) is 18.7. The number of rotatable bonds is 7. The Kier molecular flexibility index (Phi) is 6.66. The molecule has 1 aromatic carbocycles. The molecule has 1 atom stereocenters. The Morgan fingerprint density at radius 3 is 2.52 bits per heavy atom. The summed E-state index contributed by atoms with van der Waals surface area (Å²) in [5, 5.41) is 12.5. The van der Waals surface area contributed by atoms with E-state index in [1.54, 1.807) is 12.1 Å². The number of sulfonamides is 1. The van der Waals surface area contributed by atoms with Crippen LogP contribution in [0.1, 0.15) is 5.56 Å². The lowest BCUT2D eigenvalue weighted by molar-refractivity contribution is -0.165. The Labute approximate surface area is 155 Å². The number of aliphatic hydroxyl groups is 1. The number of carbonyl (C=O) groups is 1. The number of carbonyl (C=O) groups excluding carboxylic acids is 1. The number of nitrogens with one attached hydrogen (secondary N) is 2. The zero-order valence-electron chi connectivity index (χ0n) is 13.3. The summed E-state index contributed by atoms with van der Waals surface area (Å²) in [5.41, 5.74) is 0.480. The van der Waals surface area contributed by atoms with Crippen molar-refractivity contribution in [3.05, 3.63) is 33.8 Å². The van der Waals surface area contributed by atoms with Gasteiger partial charge in [-0.3, -0.25) is 4.79 Å². The highest BCUT2D eigenvalue weighted by Crippen LogP contribution is 2.36. The van der Waals surface area contributed by atoms with E-state index >= 15 is 0 Å². The number of halogens is 2. The standard InChI is InChI=1S/C14H18Cl2N2O6S/c1-25(21,22)18-12(7-19)13(20)17-8-14(23-4-5-24-14)10-3-2-9(15)6-11(10)16/h2-3,6,12,18-19H,4-5,7-8H2,1H3,(H,17,20). The van der Waals surface area contributed by atoms with Gasteiger partial charge in [-0.1, -0.05) is 29.3 Å². The molecule has 1 amide bonds. The van der Waals surface area contributed by atoms with E-state index in [2.05, 4.69) is 5.32 Å². The summed E-state index contributed by atoms with van der Waals surface area (Å²) >= 11 is 12.1. The fraction of sp³-hybridized carbons (Fsp3) is 0.500. The average Bonchev–Trinajstić information content (AvgIpc) is 2.99. The smallest absolute Gasteiger partial charge is 0.240 e. The van der Waals surface area contributed by atoms with Gasteiger partial charge < -0.3 is 19.9 Å². The predicted octanol–water partition coefficient (Wildman–Crippen LogP) is 0.219. The number of benzene rings is 1. The quantitative estimate of drug-likeness (QED) is 0.590. The highest BCUT2D eigenvalue weighted by Gasteiger charge is 2.41. The van der Waals surface area contributed by atoms with Crippen molar-refractivity contribution in [2.45, 2.75) is 11.8 Å². The number of ether oxygens (including phenoxy) is 2. The average molecular weight is 413 g/mol. The second-order valence-electron chi connectivity index (χ2n) is 5.42. The van der Waals surface area contributed by atoms with Crippen LogP contribution >= 0.6 is 23.2 Å². The minimum Gasteiger partial charge on any atom is -0.394 e. The first-order valence-electron chi connectivity index (χ1n) is 7.26. The van der Waals surface area contributed by atoms with Gasteiger partial charge in [-0.2, -0.15) is 0 Å². The normalized spacial score (nSPS) is 18.1. The molecule has 25 heavy (non-hydrogen) atoms. The molecule has 1 heterocycles. The van der Waals surface area contributed by atoms with Crippen LogP contribution in [0.2, 0.25) is 10.0 Å². The van der Waals surface area contributed by atoms with Gasteiger partial charge in [0.05, 0.1) is 37.6 Å². The van der Waals surface area contributed by atoms with Crippen LogP contribution in [-0.2, 0) is 30.1 Å². The van der Waals surface area contributed by atoms with Crippen molar-refractivity contribution in [1.82, 2.24) is 10.0 Å². The van der Waals surface area contributed by atoms with E-state index in [1.165, 1.54) is 6.07 Å². The molecule has 0 bridgehead atoms. The molecule has 1 aliphatic heterocycles. The van der Waals surface area contributed by atoms with Crippen LogP contribution in [0.25, 0.3) is 0 Å². The molecule has 3 N–H and O–H groups in total. The van der Waals surface area contributed by atoms with Crippen molar-refractivity contribution in [3.8, 4) is 0 Å². The summed E-state index contributed by atoms with van der Waals surface area (Å²) < 4.78 is 35.8. The van der Waals surface area contributed by atoms with Crippen LogP contribution in [0.5, 0.6) is 0 Å². The molecule has 1 aliphatic rings. The summed E-state index contributed by atoms with van der Waals surface area (Å²) in [6, 6.07) is 3.43. The third-order valence-corrected chi connectivity index (χ3v) is 4.71. The maximum Gasteiger partial charge on any atom is 0.240 e. The summed E-state index contributed by atoms with van der Waals surface area (Å²) in [7, 11) is -3.67. The Hall–Kier alpha value is -0.940. The number of aliphatic hydroxyl groups excluding tert-OH is 1. The molecule has 8 nitrogen and oxygen atoms in total. The van der Waals surface area contributed by atoms with Crippen LogP contribution in [0, 0.1) is 0 Å². The SMILES string of the molecule is CS(=O)(=O)NC(CO)C(=O)NCC1(c2ccc(Cl)cc2Cl)OCCO1. The van der Waals surface area contributed by atoms with Gasteiger partial charge in [0.15, 0.2) is 0 Å². The first-order valence-corrected chi connectivity index (χ1v) is 9.91. The van der Waals surface area contributed by atoms with Crippen molar-refractivity contribution >= 4 is 39.1 Å². The molecule has 1 saturated heterocycles. The Morgan fingerprint density at radius 1 is 1.36 bits per heavy atom. The summed E-state index contributed by atoms with van der Waals surface area (Å²) in [4.78, 5) is 12.2. The van der Waals surface area contributed by atoms with E-state index in [4.69, 9.17) is 32.7 Å². The van der Waals surface area contributed by atoms with Gasteiger partial charge in [-0.05, 0) is 12.1 Å². The largest absolute Gasteiger partial charge is 0.394 e. The van der Waals surface area contributed by atoms with E-state index in [-0.39, 0.29) is 6.54 Å². The maximum absolute atomic E-state index is 12.2. The van der Waals surface area contributed by atoms with Crippen LogP contribution in [-0.4, -0.2) is 58.1 Å². The molecule has 0 aromatic heterocycles. The van der Waals surface area contributed by atoms with Crippen molar-refractivity contribution in [3.63, 3.8) is 0 Å². The molecule has 1 aromatic rings. The van der Waals surface area contributed by atoms with Gasteiger partial charge in [0.1, 0.15) is 6.04 Å². The molecular weight excluding hydrogens is 395 g/mol. The highest BCUT2D eigenvalue weighted by atomic mass is 35.5. The summed E-state index contributed by atoms with van der Waals surface area (Å²) in [6.45, 7) is -0.246. The van der Waals surface area contributed by atoms with Crippen LogP contribution in [0.3, 0.4) is 0 Å². The van der Waals surface area contributed by atoms with E-state index in [9.17, 15) is 18.3 Å². The number of amides is 1. The molecule has 1 fully saturated rings. The van der Waals surface area contributed by atoms with Gasteiger partial charge in [-0.15, -0.1) is 0 Å². The van der Waals surface area contributed by atoms with Crippen molar-refractivity contribution < 1.29 is 27.8 Å². The lowest BCUT2D eigenvalue weighted by atomic mass is 10.1. The summed E-state index contributed by atoms with van der Waals surface area (Å²) in [5.74, 6) is -2.04. The third kappa shape index (κ3) is 5.27. The first-order chi connectivity index (χ1) is 11.7. The monoisotopic (exact) mass is 412 g/mol. The second-order valence-corrected chi connectivity index (χ2v) is 8.04. The van der Waals surface area contributed by atoms with E-state index in [0.717, 1.165) is 6.26 Å². The molecule has 11 heteroatoms. The minimum absolute atomic E-state index is 0.130. The molecule has 0 radical (unpaired) electrons. The molecular formula is C14H18Cl2N2O6S. The topological polar surface area (TPSA) is 114 Å². The molecule has 1 unspecified atom stereocenters. The predicted molar refractivity (Wildman–Crippen MR) is 91.9 cm³/mol. The Bertz CT molecular complexity index is 737. The third-order valence-electron chi connectivity index (χ3n) is 3.45. The minimum atomic E-state index is -3.67. The van der Waals surface area contributed by atoms with Crippen LogP contribution < -0.4 is 10.0 Å². The summed E-state index contributed by atoms with van der Waals surface area (Å²) in [6.07, 6.45) is 0.890. The Morgan fingerprint density at radius 2 is 2.00 bits per heavy atom. The molecule has 0 aliphatic carbocycles. The van der Waals surface area contributed by atoms with Gasteiger partial charge in [0.2, 0.25) is 21.7 Å². The lowest BCUT2D eigenvalue weighted by Crippen LogP contribution is -2.51. The van der Waals surface area contributed by atoms with Crippen molar-refractivity contribution in [2.24, 2.45) is 0 Å².